The second-order valence-electron chi connectivity index (χ2n) is 15.7. The Morgan fingerprint density at radius 2 is 1.49 bits per heavy atom. The minimum Gasteiger partial charge on any atom is -0.481 e. The van der Waals surface area contributed by atoms with Gasteiger partial charge in [0, 0.05) is 12.0 Å². The Morgan fingerprint density at radius 3 is 2.11 bits per heavy atom. The Labute approximate surface area is 281 Å². The molecule has 47 heavy (non-hydrogen) atoms. The molecule has 270 valence electrons. The average molecular weight is 667 g/mol. The molecule has 4 aliphatic rings. The van der Waals surface area contributed by atoms with Crippen LogP contribution in [0.3, 0.4) is 0 Å². The summed E-state index contributed by atoms with van der Waals surface area (Å²) in [6.45, 7) is 17.6. The highest BCUT2D eigenvalue weighted by molar-refractivity contribution is 5.86. The molecule has 0 heterocycles. The van der Waals surface area contributed by atoms with Crippen LogP contribution in [0.1, 0.15) is 92.4 Å². The topological polar surface area (TPSA) is 141 Å². The lowest BCUT2D eigenvalue weighted by molar-refractivity contribution is -0.236. The van der Waals surface area contributed by atoms with E-state index in [4.69, 9.17) is 23.7 Å². The number of aliphatic hydroxyl groups is 2. The summed E-state index contributed by atoms with van der Waals surface area (Å²) in [5.41, 5.74) is 0.0112. The zero-order valence-electron chi connectivity index (χ0n) is 29.5. The van der Waals surface area contributed by atoms with Crippen LogP contribution in [-0.2, 0) is 33.3 Å². The molecule has 0 amide bonds. The van der Waals surface area contributed by atoms with Gasteiger partial charge >= 0.3 is 11.9 Å². The summed E-state index contributed by atoms with van der Waals surface area (Å²) < 4.78 is 27.9. The van der Waals surface area contributed by atoms with E-state index < -0.39 is 24.1 Å². The molecular formula is C37H62O10. The standard InChI is InChI=1S/C37H62O10/c1-24(2)34(42)47-20-18-45-16-14-43-13-15-44-17-19-46-26-11-12-36(5)29-21-31(39)37(6)27(25(3)7-10-32(40)41)8-9-28(37)33(29)30(38)23-35(36,4)22-26/h25-31,33,38-39H,1,7-23H2,2-6H3,(H,40,41)/t25-,26+,27-,28+,29+,30-,31+,33+,35+,36-,37-/m1/s1. The third kappa shape index (κ3) is 8.43. The average Bonchev–Trinajstić information content (AvgIpc) is 3.37. The van der Waals surface area contributed by atoms with Crippen molar-refractivity contribution in [3.63, 3.8) is 0 Å². The van der Waals surface area contributed by atoms with E-state index in [2.05, 4.69) is 34.3 Å². The minimum absolute atomic E-state index is 0.0126. The molecule has 0 bridgehead atoms. The van der Waals surface area contributed by atoms with Crippen molar-refractivity contribution >= 4 is 11.9 Å². The Kier molecular flexibility index (Phi) is 13.4. The van der Waals surface area contributed by atoms with E-state index in [-0.39, 0.29) is 65.0 Å². The second-order valence-corrected chi connectivity index (χ2v) is 15.7. The van der Waals surface area contributed by atoms with Crippen molar-refractivity contribution in [1.29, 1.82) is 0 Å². The van der Waals surface area contributed by atoms with E-state index in [1.165, 1.54) is 0 Å². The van der Waals surface area contributed by atoms with Gasteiger partial charge in [0.25, 0.3) is 0 Å². The van der Waals surface area contributed by atoms with Gasteiger partial charge in [-0.05, 0) is 104 Å². The Morgan fingerprint density at radius 1 is 0.872 bits per heavy atom. The van der Waals surface area contributed by atoms with Crippen molar-refractivity contribution in [2.75, 3.05) is 52.9 Å². The highest BCUT2D eigenvalue weighted by atomic mass is 16.6. The molecule has 4 aliphatic carbocycles. The molecule has 4 fully saturated rings. The fourth-order valence-corrected chi connectivity index (χ4v) is 10.4. The highest BCUT2D eigenvalue weighted by Crippen LogP contribution is 2.71. The van der Waals surface area contributed by atoms with Gasteiger partial charge in [0.2, 0.25) is 0 Å². The molecule has 0 radical (unpaired) electrons. The van der Waals surface area contributed by atoms with Gasteiger partial charge in [-0.25, -0.2) is 4.79 Å². The molecular weight excluding hydrogens is 604 g/mol. The molecule has 10 nitrogen and oxygen atoms in total. The third-order valence-corrected chi connectivity index (χ3v) is 13.1. The molecule has 3 N–H and O–H groups in total. The maximum absolute atomic E-state index is 11.8. The molecule has 0 spiro atoms. The van der Waals surface area contributed by atoms with Crippen LogP contribution in [-0.4, -0.2) is 98.4 Å². The first-order valence-electron chi connectivity index (χ1n) is 18.0. The number of hydrogen-bond donors (Lipinski definition) is 3. The molecule has 11 atom stereocenters. The molecule has 0 aromatic carbocycles. The summed E-state index contributed by atoms with van der Waals surface area (Å²) in [6, 6.07) is 0. The van der Waals surface area contributed by atoms with Crippen LogP contribution in [0.15, 0.2) is 12.2 Å². The zero-order chi connectivity index (χ0) is 34.4. The predicted octanol–water partition coefficient (Wildman–Crippen LogP) is 5.03. The first kappa shape index (κ1) is 38.2. The number of carboxylic acids is 1. The van der Waals surface area contributed by atoms with Crippen LogP contribution in [0.5, 0.6) is 0 Å². The number of ether oxygens (including phenoxy) is 5. The van der Waals surface area contributed by atoms with E-state index in [1.54, 1.807) is 6.92 Å². The number of aliphatic hydroxyl groups excluding tert-OH is 2. The van der Waals surface area contributed by atoms with Crippen molar-refractivity contribution in [2.24, 2.45) is 45.8 Å². The zero-order valence-corrected chi connectivity index (χ0v) is 29.5. The number of carboxylic acid groups (broad SMARTS) is 1. The fourth-order valence-electron chi connectivity index (χ4n) is 10.4. The lowest BCUT2D eigenvalue weighted by atomic mass is 9.39. The van der Waals surface area contributed by atoms with Gasteiger partial charge in [0.1, 0.15) is 6.61 Å². The van der Waals surface area contributed by atoms with Crippen molar-refractivity contribution in [2.45, 2.75) is 111 Å². The van der Waals surface area contributed by atoms with Crippen molar-refractivity contribution in [1.82, 2.24) is 0 Å². The van der Waals surface area contributed by atoms with Gasteiger partial charge < -0.3 is 39.0 Å². The van der Waals surface area contributed by atoms with Crippen LogP contribution in [0.4, 0.5) is 0 Å². The van der Waals surface area contributed by atoms with Gasteiger partial charge in [0.15, 0.2) is 0 Å². The lowest BCUT2D eigenvalue weighted by Crippen LogP contribution is -2.65. The Hall–Kier alpha value is -1.56. The number of carbonyl (C=O) groups excluding carboxylic acids is 1. The number of hydrogen-bond acceptors (Lipinski definition) is 9. The van der Waals surface area contributed by atoms with Gasteiger partial charge in [-0.15, -0.1) is 0 Å². The van der Waals surface area contributed by atoms with E-state index in [0.29, 0.717) is 64.7 Å². The van der Waals surface area contributed by atoms with Gasteiger partial charge in [-0.1, -0.05) is 34.3 Å². The molecule has 0 aromatic heterocycles. The van der Waals surface area contributed by atoms with Gasteiger partial charge in [-0.2, -0.15) is 0 Å². The van der Waals surface area contributed by atoms with Crippen LogP contribution in [0.2, 0.25) is 0 Å². The first-order valence-corrected chi connectivity index (χ1v) is 18.0. The predicted molar refractivity (Wildman–Crippen MR) is 177 cm³/mol. The first-order chi connectivity index (χ1) is 22.2. The smallest absolute Gasteiger partial charge is 0.333 e. The lowest BCUT2D eigenvalue weighted by Gasteiger charge is -2.67. The largest absolute Gasteiger partial charge is 0.481 e. The fraction of sp³-hybridized carbons (Fsp3) is 0.892. The maximum Gasteiger partial charge on any atom is 0.333 e. The summed E-state index contributed by atoms with van der Waals surface area (Å²) in [5, 5.41) is 32.9. The van der Waals surface area contributed by atoms with Crippen LogP contribution in [0.25, 0.3) is 0 Å². The summed E-state index contributed by atoms with van der Waals surface area (Å²) in [7, 11) is 0. The third-order valence-electron chi connectivity index (χ3n) is 13.1. The summed E-state index contributed by atoms with van der Waals surface area (Å²) >= 11 is 0. The van der Waals surface area contributed by atoms with Crippen LogP contribution >= 0.6 is 0 Å². The van der Waals surface area contributed by atoms with Crippen molar-refractivity contribution < 1.29 is 48.6 Å². The maximum atomic E-state index is 11.8. The minimum atomic E-state index is -0.759. The van der Waals surface area contributed by atoms with Gasteiger partial charge in [0.05, 0.1) is 64.6 Å². The van der Waals surface area contributed by atoms with Crippen molar-refractivity contribution in [3.8, 4) is 0 Å². The van der Waals surface area contributed by atoms with E-state index in [1.807, 2.05) is 0 Å². The number of carbonyl (C=O) groups is 2. The summed E-state index contributed by atoms with van der Waals surface area (Å²) in [6.07, 6.45) is 6.41. The number of esters is 1. The monoisotopic (exact) mass is 666 g/mol. The molecule has 10 heteroatoms. The van der Waals surface area contributed by atoms with Crippen LogP contribution < -0.4 is 0 Å². The molecule has 0 unspecified atom stereocenters. The number of rotatable bonds is 18. The molecule has 4 saturated carbocycles. The molecule has 0 aliphatic heterocycles. The SMILES string of the molecule is C=C(C)C(=O)OCCOCCOCCOCCO[C@H]1CC[C@]2(C)[C@H]3C[C@H](O)[C@]4(C)[C@@H]([C@H](C)CCC(=O)O)CC[C@H]4[C@@H]3[C@H](O)C[C@]2(C)C1. The molecule has 0 saturated heterocycles. The van der Waals surface area contributed by atoms with E-state index in [0.717, 1.165) is 38.5 Å². The van der Waals surface area contributed by atoms with Gasteiger partial charge in [-0.3, -0.25) is 4.79 Å². The van der Waals surface area contributed by atoms with E-state index >= 15 is 0 Å². The molecule has 4 rings (SSSR count). The van der Waals surface area contributed by atoms with Crippen molar-refractivity contribution in [3.05, 3.63) is 12.2 Å². The summed E-state index contributed by atoms with van der Waals surface area (Å²) in [5.74, 6) is 0.0169. The van der Waals surface area contributed by atoms with E-state index in [9.17, 15) is 24.9 Å². The molecule has 0 aromatic rings. The quantitative estimate of drug-likeness (QED) is 0.104. The summed E-state index contributed by atoms with van der Waals surface area (Å²) in [4.78, 5) is 22.6. The Balaban J connectivity index is 1.18. The number of fused-ring (bicyclic) bond motifs is 5. The number of aliphatic carboxylic acids is 1. The normalized spacial score (nSPS) is 38.6. The highest BCUT2D eigenvalue weighted by Gasteiger charge is 2.68. The second kappa shape index (κ2) is 16.4. The van der Waals surface area contributed by atoms with Crippen LogP contribution in [0, 0.1) is 45.8 Å². The Bertz CT molecular complexity index is 1070.